The molecule has 1 unspecified atom stereocenters. The Morgan fingerprint density at radius 1 is 1.04 bits per heavy atom. The summed E-state index contributed by atoms with van der Waals surface area (Å²) in [4.78, 5) is 24.9. The van der Waals surface area contributed by atoms with Gasteiger partial charge in [0.1, 0.15) is 0 Å². The van der Waals surface area contributed by atoms with Gasteiger partial charge < -0.3 is 10.6 Å². The summed E-state index contributed by atoms with van der Waals surface area (Å²) in [7, 11) is 0. The van der Waals surface area contributed by atoms with Gasteiger partial charge in [0.05, 0.1) is 0 Å². The summed E-state index contributed by atoms with van der Waals surface area (Å²) in [5.74, 6) is -0.0490. The van der Waals surface area contributed by atoms with Gasteiger partial charge in [0.15, 0.2) is 0 Å². The van der Waals surface area contributed by atoms with Gasteiger partial charge >= 0.3 is 0 Å². The molecule has 0 spiro atoms. The molecule has 28 heavy (non-hydrogen) atoms. The van der Waals surface area contributed by atoms with Crippen LogP contribution in [0.5, 0.6) is 0 Å². The quantitative estimate of drug-likeness (QED) is 0.794. The summed E-state index contributed by atoms with van der Waals surface area (Å²) in [5, 5.41) is 6.13. The molecule has 1 atom stereocenters. The molecule has 0 radical (unpaired) electrons. The van der Waals surface area contributed by atoms with E-state index in [0.29, 0.717) is 25.8 Å². The van der Waals surface area contributed by atoms with Crippen LogP contribution < -0.4 is 10.6 Å². The molecule has 0 aromatic heterocycles. The molecule has 146 valence electrons. The molecular weight excluding hydrogens is 348 g/mol. The summed E-state index contributed by atoms with van der Waals surface area (Å²) in [6, 6.07) is 18.5. The Kier molecular flexibility index (Phi) is 5.47. The van der Waals surface area contributed by atoms with E-state index in [4.69, 9.17) is 0 Å². The van der Waals surface area contributed by atoms with E-state index in [-0.39, 0.29) is 23.1 Å². The molecular formula is C24H28N2O2. The number of benzene rings is 2. The number of hydrogen-bond donors (Lipinski definition) is 2. The first kappa shape index (κ1) is 18.7. The monoisotopic (exact) mass is 376 g/mol. The van der Waals surface area contributed by atoms with Crippen LogP contribution in [0.25, 0.3) is 0 Å². The Labute approximate surface area is 166 Å². The van der Waals surface area contributed by atoms with Crippen LogP contribution in [0.2, 0.25) is 0 Å². The third kappa shape index (κ3) is 3.96. The van der Waals surface area contributed by atoms with E-state index in [1.807, 2.05) is 30.3 Å². The highest BCUT2D eigenvalue weighted by molar-refractivity contribution is 5.96. The van der Waals surface area contributed by atoms with E-state index in [2.05, 4.69) is 34.9 Å². The van der Waals surface area contributed by atoms with Gasteiger partial charge in [0.2, 0.25) is 11.8 Å². The standard InChI is InChI=1S/C24H28N2O2/c27-22(13-12-19-16-18-8-4-5-11-21(18)26-23(19)28)25-17-24(14-6-7-15-24)20-9-2-1-3-10-20/h1-5,8-11,19H,6-7,12-17H2,(H,25,27)(H,26,28). The number of amides is 2. The first-order valence-electron chi connectivity index (χ1n) is 10.4. The predicted octanol–water partition coefficient (Wildman–Crippen LogP) is 4.21. The second-order valence-corrected chi connectivity index (χ2v) is 8.22. The van der Waals surface area contributed by atoms with Crippen LogP contribution >= 0.6 is 0 Å². The fourth-order valence-electron chi connectivity index (χ4n) is 4.72. The van der Waals surface area contributed by atoms with Crippen molar-refractivity contribution in [2.45, 2.75) is 50.4 Å². The summed E-state index contributed by atoms with van der Waals surface area (Å²) in [6.07, 6.45) is 6.37. The number of para-hydroxylation sites is 1. The molecule has 1 aliphatic heterocycles. The smallest absolute Gasteiger partial charge is 0.227 e. The zero-order valence-corrected chi connectivity index (χ0v) is 16.2. The van der Waals surface area contributed by atoms with E-state index in [9.17, 15) is 9.59 Å². The summed E-state index contributed by atoms with van der Waals surface area (Å²) in [6.45, 7) is 0.690. The van der Waals surface area contributed by atoms with Gasteiger partial charge in [-0.3, -0.25) is 9.59 Å². The first-order valence-corrected chi connectivity index (χ1v) is 10.4. The average Bonchev–Trinajstić information content (AvgIpc) is 3.21. The Morgan fingerprint density at radius 3 is 2.54 bits per heavy atom. The fourth-order valence-corrected chi connectivity index (χ4v) is 4.72. The maximum absolute atomic E-state index is 12.5. The van der Waals surface area contributed by atoms with Crippen LogP contribution in [-0.4, -0.2) is 18.4 Å². The highest BCUT2D eigenvalue weighted by atomic mass is 16.2. The van der Waals surface area contributed by atoms with Gasteiger partial charge in [-0.05, 0) is 42.9 Å². The van der Waals surface area contributed by atoms with Crippen LogP contribution in [0, 0.1) is 5.92 Å². The molecule has 2 N–H and O–H groups in total. The molecule has 2 aromatic rings. The maximum Gasteiger partial charge on any atom is 0.227 e. The second kappa shape index (κ2) is 8.17. The molecule has 1 saturated carbocycles. The summed E-state index contributed by atoms with van der Waals surface area (Å²) in [5.41, 5.74) is 3.45. The second-order valence-electron chi connectivity index (χ2n) is 8.22. The van der Waals surface area contributed by atoms with Crippen molar-refractivity contribution in [3.63, 3.8) is 0 Å². The van der Waals surface area contributed by atoms with Crippen LogP contribution in [0.4, 0.5) is 5.69 Å². The molecule has 0 bridgehead atoms. The average molecular weight is 377 g/mol. The molecule has 2 amide bonds. The zero-order chi connectivity index (χ0) is 19.4. The van der Waals surface area contributed by atoms with E-state index in [1.54, 1.807) is 0 Å². The molecule has 1 aliphatic carbocycles. The van der Waals surface area contributed by atoms with Gasteiger partial charge in [-0.25, -0.2) is 0 Å². The third-order valence-electron chi connectivity index (χ3n) is 6.40. The van der Waals surface area contributed by atoms with Crippen molar-refractivity contribution in [3.05, 3.63) is 65.7 Å². The predicted molar refractivity (Wildman–Crippen MR) is 111 cm³/mol. The molecule has 4 heteroatoms. The molecule has 0 saturated heterocycles. The molecule has 2 aliphatic rings. The van der Waals surface area contributed by atoms with Crippen molar-refractivity contribution in [2.24, 2.45) is 5.92 Å². The fraction of sp³-hybridized carbons (Fsp3) is 0.417. The topological polar surface area (TPSA) is 58.2 Å². The third-order valence-corrected chi connectivity index (χ3v) is 6.40. The molecule has 1 heterocycles. The van der Waals surface area contributed by atoms with Crippen LogP contribution in [0.1, 0.15) is 49.7 Å². The van der Waals surface area contributed by atoms with E-state index < -0.39 is 0 Å². The zero-order valence-electron chi connectivity index (χ0n) is 16.2. The molecule has 4 rings (SSSR count). The Bertz CT molecular complexity index is 841. The van der Waals surface area contributed by atoms with Crippen molar-refractivity contribution < 1.29 is 9.59 Å². The Balaban J connectivity index is 1.32. The lowest BCUT2D eigenvalue weighted by Gasteiger charge is -2.30. The number of fused-ring (bicyclic) bond motifs is 1. The van der Waals surface area contributed by atoms with Crippen molar-refractivity contribution >= 4 is 17.5 Å². The van der Waals surface area contributed by atoms with Crippen molar-refractivity contribution in [2.75, 3.05) is 11.9 Å². The van der Waals surface area contributed by atoms with Crippen molar-refractivity contribution in [1.82, 2.24) is 5.32 Å². The largest absolute Gasteiger partial charge is 0.355 e. The lowest BCUT2D eigenvalue weighted by Crippen LogP contribution is -2.39. The normalized spacial score (nSPS) is 20.3. The molecule has 1 fully saturated rings. The number of carbonyl (C=O) groups is 2. The van der Waals surface area contributed by atoms with Crippen molar-refractivity contribution in [1.29, 1.82) is 0 Å². The Hall–Kier alpha value is -2.62. The van der Waals surface area contributed by atoms with E-state index >= 15 is 0 Å². The number of hydrogen-bond acceptors (Lipinski definition) is 2. The molecule has 2 aromatic carbocycles. The van der Waals surface area contributed by atoms with Gasteiger partial charge in [0.25, 0.3) is 0 Å². The lowest BCUT2D eigenvalue weighted by atomic mass is 9.79. The highest BCUT2D eigenvalue weighted by Gasteiger charge is 2.35. The van der Waals surface area contributed by atoms with Gasteiger partial charge in [-0.15, -0.1) is 0 Å². The molecule has 4 nitrogen and oxygen atoms in total. The maximum atomic E-state index is 12.5. The SMILES string of the molecule is O=C(CCC1Cc2ccccc2NC1=O)NCC1(c2ccccc2)CCCC1. The minimum Gasteiger partial charge on any atom is -0.355 e. The summed E-state index contributed by atoms with van der Waals surface area (Å²) >= 11 is 0. The highest BCUT2D eigenvalue weighted by Crippen LogP contribution is 2.40. The van der Waals surface area contributed by atoms with Crippen LogP contribution in [-0.2, 0) is 21.4 Å². The van der Waals surface area contributed by atoms with Crippen molar-refractivity contribution in [3.8, 4) is 0 Å². The number of nitrogens with one attached hydrogen (secondary N) is 2. The number of anilines is 1. The minimum atomic E-state index is -0.129. The van der Waals surface area contributed by atoms with Gasteiger partial charge in [-0.2, -0.15) is 0 Å². The Morgan fingerprint density at radius 2 is 1.75 bits per heavy atom. The summed E-state index contributed by atoms with van der Waals surface area (Å²) < 4.78 is 0. The van der Waals surface area contributed by atoms with Crippen LogP contribution in [0.15, 0.2) is 54.6 Å². The van der Waals surface area contributed by atoms with E-state index in [0.717, 1.165) is 24.1 Å². The van der Waals surface area contributed by atoms with Gasteiger partial charge in [-0.1, -0.05) is 61.4 Å². The van der Waals surface area contributed by atoms with Crippen LogP contribution in [0.3, 0.4) is 0 Å². The first-order chi connectivity index (χ1) is 13.7. The number of rotatable bonds is 6. The van der Waals surface area contributed by atoms with E-state index in [1.165, 1.54) is 18.4 Å². The van der Waals surface area contributed by atoms with Gasteiger partial charge in [0, 0.05) is 30.0 Å². The lowest BCUT2D eigenvalue weighted by molar-refractivity contribution is -0.123. The minimum absolute atomic E-state index is 0.0306. The number of carbonyl (C=O) groups excluding carboxylic acids is 2.